The number of hydrogen-bond acceptors (Lipinski definition) is 7. The summed E-state index contributed by atoms with van der Waals surface area (Å²) in [4.78, 5) is 17.0. The number of rotatable bonds is 10. The van der Waals surface area contributed by atoms with Crippen LogP contribution < -0.4 is 14.8 Å². The number of nitrogens with one attached hydrogen (secondary N) is 1. The van der Waals surface area contributed by atoms with Crippen molar-refractivity contribution >= 4 is 28.3 Å². The van der Waals surface area contributed by atoms with Gasteiger partial charge < -0.3 is 14.8 Å². The quantitative estimate of drug-likeness (QED) is 0.292. The molecule has 0 saturated carbocycles. The van der Waals surface area contributed by atoms with Gasteiger partial charge in [-0.3, -0.25) is 9.20 Å². The Labute approximate surface area is 186 Å². The third-order valence-corrected chi connectivity index (χ3v) is 5.46. The van der Waals surface area contributed by atoms with Crippen LogP contribution in [0.15, 0.2) is 42.5 Å². The summed E-state index contributed by atoms with van der Waals surface area (Å²) in [5, 5.41) is 11.9. The molecule has 0 aliphatic rings. The predicted molar refractivity (Wildman–Crippen MR) is 124 cm³/mol. The summed E-state index contributed by atoms with van der Waals surface area (Å²) in [7, 11) is 3.21. The summed E-state index contributed by atoms with van der Waals surface area (Å²) < 4.78 is 12.8. The van der Waals surface area contributed by atoms with Gasteiger partial charge in [-0.05, 0) is 19.8 Å². The molecular formula is C24H27N5O3. The van der Waals surface area contributed by atoms with Gasteiger partial charge in [0, 0.05) is 30.7 Å². The van der Waals surface area contributed by atoms with Crippen molar-refractivity contribution in [1.82, 2.24) is 19.6 Å². The second-order valence-electron chi connectivity index (χ2n) is 7.59. The van der Waals surface area contributed by atoms with Gasteiger partial charge >= 0.3 is 0 Å². The van der Waals surface area contributed by atoms with Crippen LogP contribution in [0.2, 0.25) is 0 Å². The molecule has 0 saturated heterocycles. The highest BCUT2D eigenvalue weighted by atomic mass is 16.5. The molecule has 0 radical (unpaired) electrons. The van der Waals surface area contributed by atoms with Gasteiger partial charge in [-0.25, -0.2) is 4.98 Å². The Morgan fingerprint density at radius 3 is 2.50 bits per heavy atom. The minimum Gasteiger partial charge on any atom is -0.493 e. The minimum atomic E-state index is 0.194. The summed E-state index contributed by atoms with van der Waals surface area (Å²) >= 11 is 0. The molecule has 0 amide bonds. The van der Waals surface area contributed by atoms with E-state index in [0.717, 1.165) is 48.2 Å². The first-order chi connectivity index (χ1) is 15.6. The Hall–Kier alpha value is -3.68. The highest BCUT2D eigenvalue weighted by Gasteiger charge is 2.16. The van der Waals surface area contributed by atoms with E-state index in [9.17, 15) is 4.79 Å². The van der Waals surface area contributed by atoms with Gasteiger partial charge in [0.15, 0.2) is 23.1 Å². The highest BCUT2D eigenvalue weighted by Crippen LogP contribution is 2.33. The van der Waals surface area contributed by atoms with Crippen molar-refractivity contribution in [2.24, 2.45) is 0 Å². The molecule has 8 nitrogen and oxygen atoms in total. The monoisotopic (exact) mass is 433 g/mol. The topological polar surface area (TPSA) is 90.6 Å². The first kappa shape index (κ1) is 21.5. The zero-order chi connectivity index (χ0) is 22.5. The zero-order valence-electron chi connectivity index (χ0n) is 18.6. The number of aromatic nitrogens is 4. The van der Waals surface area contributed by atoms with Gasteiger partial charge in [0.1, 0.15) is 5.82 Å². The number of aryl methyl sites for hydroxylation is 1. The number of Topliss-reactive ketones (excluding diaryl/α,β-unsaturated/α-hetero) is 1. The van der Waals surface area contributed by atoms with Gasteiger partial charge in [-0.15, -0.1) is 10.2 Å². The lowest BCUT2D eigenvalue weighted by atomic mass is 10.0. The Balaban J connectivity index is 1.43. The zero-order valence-corrected chi connectivity index (χ0v) is 18.6. The van der Waals surface area contributed by atoms with Crippen molar-refractivity contribution in [3.63, 3.8) is 0 Å². The number of nitrogens with zero attached hydrogens (tertiary/aromatic N) is 4. The van der Waals surface area contributed by atoms with Crippen LogP contribution in [0.25, 0.3) is 16.7 Å². The predicted octanol–water partition coefficient (Wildman–Crippen LogP) is 4.46. The second kappa shape index (κ2) is 9.64. The molecule has 0 bridgehead atoms. The molecule has 0 spiro atoms. The van der Waals surface area contributed by atoms with Gasteiger partial charge in [0.05, 0.1) is 25.3 Å². The first-order valence-corrected chi connectivity index (χ1v) is 10.7. The second-order valence-corrected chi connectivity index (χ2v) is 7.59. The maximum atomic E-state index is 12.2. The lowest BCUT2D eigenvalue weighted by Crippen LogP contribution is -2.07. The summed E-state index contributed by atoms with van der Waals surface area (Å²) in [5.74, 6) is 2.88. The molecule has 166 valence electrons. The largest absolute Gasteiger partial charge is 0.493 e. The fourth-order valence-corrected chi connectivity index (χ4v) is 3.78. The van der Waals surface area contributed by atoms with Crippen LogP contribution in [0.4, 0.5) is 5.82 Å². The van der Waals surface area contributed by atoms with Crippen LogP contribution in [-0.4, -0.2) is 46.1 Å². The number of carbonyl (C=O) groups excluding carboxylic acids is 1. The molecule has 1 N–H and O–H groups in total. The van der Waals surface area contributed by atoms with Crippen LogP contribution in [-0.2, 0) is 0 Å². The van der Waals surface area contributed by atoms with Crippen LogP contribution in [0.5, 0.6) is 11.5 Å². The summed E-state index contributed by atoms with van der Waals surface area (Å²) in [6.45, 7) is 2.64. The van der Waals surface area contributed by atoms with Crippen LogP contribution >= 0.6 is 0 Å². The summed E-state index contributed by atoms with van der Waals surface area (Å²) in [5.41, 5.74) is 3.06. The number of ether oxygens (including phenoxy) is 2. The maximum Gasteiger partial charge on any atom is 0.204 e. The maximum absolute atomic E-state index is 12.2. The van der Waals surface area contributed by atoms with Crippen molar-refractivity contribution in [3.05, 3.63) is 53.9 Å². The summed E-state index contributed by atoms with van der Waals surface area (Å²) in [6, 6.07) is 13.2. The summed E-state index contributed by atoms with van der Waals surface area (Å²) in [6.07, 6.45) is 3.30. The van der Waals surface area contributed by atoms with Crippen molar-refractivity contribution in [2.75, 3.05) is 26.1 Å². The van der Waals surface area contributed by atoms with E-state index in [0.29, 0.717) is 29.4 Å². The molecule has 8 heteroatoms. The molecule has 32 heavy (non-hydrogen) atoms. The van der Waals surface area contributed by atoms with Crippen molar-refractivity contribution < 1.29 is 14.3 Å². The van der Waals surface area contributed by atoms with E-state index < -0.39 is 0 Å². The van der Waals surface area contributed by atoms with Crippen molar-refractivity contribution in [3.8, 4) is 11.5 Å². The molecular weight excluding hydrogens is 406 g/mol. The molecule has 0 unspecified atom stereocenters. The first-order valence-electron chi connectivity index (χ1n) is 10.7. The van der Waals surface area contributed by atoms with Gasteiger partial charge in [0.2, 0.25) is 5.65 Å². The third-order valence-electron chi connectivity index (χ3n) is 5.46. The molecule has 0 aliphatic carbocycles. The number of ketones is 1. The fourth-order valence-electron chi connectivity index (χ4n) is 3.78. The number of hydrogen-bond donors (Lipinski definition) is 1. The van der Waals surface area contributed by atoms with Crippen LogP contribution in [0.3, 0.4) is 0 Å². The normalized spacial score (nSPS) is 11.1. The molecule has 2 aromatic carbocycles. The molecule has 4 aromatic rings. The average molecular weight is 434 g/mol. The Kier molecular flexibility index (Phi) is 6.49. The van der Waals surface area contributed by atoms with E-state index in [1.54, 1.807) is 14.2 Å². The number of benzene rings is 2. The number of fused-ring (bicyclic) bond motifs is 3. The Bertz CT molecular complexity index is 1240. The lowest BCUT2D eigenvalue weighted by Gasteiger charge is -2.13. The number of anilines is 1. The van der Waals surface area contributed by atoms with E-state index in [-0.39, 0.29) is 5.78 Å². The van der Waals surface area contributed by atoms with E-state index in [1.807, 2.05) is 53.8 Å². The molecule has 0 fully saturated rings. The molecule has 0 atom stereocenters. The van der Waals surface area contributed by atoms with Crippen molar-refractivity contribution in [1.29, 1.82) is 0 Å². The molecule has 2 aromatic heterocycles. The Morgan fingerprint density at radius 1 is 1.00 bits per heavy atom. The number of carbonyl (C=O) groups is 1. The number of methoxy groups -OCH3 is 2. The van der Waals surface area contributed by atoms with E-state index in [1.165, 1.54) is 0 Å². The fraction of sp³-hybridized carbons (Fsp3) is 0.333. The van der Waals surface area contributed by atoms with E-state index >= 15 is 0 Å². The highest BCUT2D eigenvalue weighted by molar-refractivity contribution is 5.95. The molecule has 4 rings (SSSR count). The SMILES string of the molecule is COc1cc2nc(NCCCCCC(=O)c3ccccc3)c3nnc(C)n3c2cc1OC. The van der Waals surface area contributed by atoms with Crippen molar-refractivity contribution in [2.45, 2.75) is 32.6 Å². The van der Waals surface area contributed by atoms with Gasteiger partial charge in [-0.1, -0.05) is 36.8 Å². The molecule has 0 aliphatic heterocycles. The van der Waals surface area contributed by atoms with E-state index in [4.69, 9.17) is 14.5 Å². The van der Waals surface area contributed by atoms with Crippen LogP contribution in [0.1, 0.15) is 41.9 Å². The smallest absolute Gasteiger partial charge is 0.204 e. The third kappa shape index (κ3) is 4.34. The average Bonchev–Trinajstić information content (AvgIpc) is 3.22. The molecule has 2 heterocycles. The minimum absolute atomic E-state index is 0.194. The number of unbranched alkanes of at least 4 members (excludes halogenated alkanes) is 2. The van der Waals surface area contributed by atoms with Crippen LogP contribution in [0, 0.1) is 6.92 Å². The van der Waals surface area contributed by atoms with E-state index in [2.05, 4.69) is 15.5 Å². The standard InChI is InChI=1S/C24H27N5O3/c1-16-27-28-24-23(25-13-9-5-8-12-20(30)17-10-6-4-7-11-17)26-18-14-21(31-2)22(32-3)15-19(18)29(16)24/h4,6-7,10-11,14-15H,5,8-9,12-13H2,1-3H3,(H,25,26). The van der Waals surface area contributed by atoms with Gasteiger partial charge in [0.25, 0.3) is 0 Å². The lowest BCUT2D eigenvalue weighted by molar-refractivity contribution is 0.0979. The van der Waals surface area contributed by atoms with Gasteiger partial charge in [-0.2, -0.15) is 0 Å². The Morgan fingerprint density at radius 2 is 1.75 bits per heavy atom.